The van der Waals surface area contributed by atoms with E-state index in [9.17, 15) is 4.79 Å². The van der Waals surface area contributed by atoms with Gasteiger partial charge in [0.1, 0.15) is 11.4 Å². The van der Waals surface area contributed by atoms with Gasteiger partial charge in [0.15, 0.2) is 16.6 Å². The summed E-state index contributed by atoms with van der Waals surface area (Å²) in [7, 11) is -2.84. The zero-order valence-electron chi connectivity index (χ0n) is 44.3. The number of esters is 1. The first kappa shape index (κ1) is 56.5. The molecule has 0 spiro atoms. The van der Waals surface area contributed by atoms with Crippen molar-refractivity contribution in [1.82, 2.24) is 0 Å². The lowest BCUT2D eigenvalue weighted by molar-refractivity contribution is -0.143. The van der Waals surface area contributed by atoms with E-state index in [1.165, 1.54) is 0 Å². The Hall–Kier alpha value is -4.10. The molecule has 0 radical (unpaired) electrons. The van der Waals surface area contributed by atoms with E-state index in [1.54, 1.807) is 7.11 Å². The molecule has 0 saturated carbocycles. The van der Waals surface area contributed by atoms with E-state index in [0.29, 0.717) is 39.1 Å². The number of methoxy groups -OCH3 is 1. The smallest absolute Gasteiger partial charge is 0.305 e. The number of carbonyl (C=O) groups is 1. The van der Waals surface area contributed by atoms with Crippen LogP contribution in [-0.2, 0) is 40.1 Å². The second kappa shape index (κ2) is 25.7. The summed E-state index contributed by atoms with van der Waals surface area (Å²) in [6.45, 7) is 32.9. The summed E-state index contributed by atoms with van der Waals surface area (Å²) >= 11 is 0. The van der Waals surface area contributed by atoms with Gasteiger partial charge in [-0.25, -0.2) is 0 Å². The summed E-state index contributed by atoms with van der Waals surface area (Å²) < 4.78 is 39.5. The Morgan fingerprint density at radius 1 is 0.647 bits per heavy atom. The number of rotatable bonds is 26. The van der Waals surface area contributed by atoms with Gasteiger partial charge in [0.2, 0.25) is 0 Å². The summed E-state index contributed by atoms with van der Waals surface area (Å²) in [5.41, 5.74) is 3.47. The average molecular weight is 964 g/mol. The van der Waals surface area contributed by atoms with Gasteiger partial charge in [-0.05, 0) is 95.8 Å². The van der Waals surface area contributed by atoms with Crippen molar-refractivity contribution >= 4 is 22.6 Å². The maximum absolute atomic E-state index is 12.5. The molecule has 9 heteroatoms. The fraction of sp³-hybridized carbons (Fsp3) is 0.508. The molecule has 0 unspecified atom stereocenters. The molecule has 7 nitrogen and oxygen atoms in total. The Morgan fingerprint density at radius 3 is 1.62 bits per heavy atom. The molecule has 4 rings (SSSR count). The van der Waals surface area contributed by atoms with Crippen LogP contribution in [0.25, 0.3) is 0 Å². The minimum absolute atomic E-state index is 0.00225. The molecule has 4 aromatic rings. The molecular weight excluding hydrogens is 877 g/mol. The van der Waals surface area contributed by atoms with E-state index in [1.807, 2.05) is 31.2 Å². The van der Waals surface area contributed by atoms with Crippen molar-refractivity contribution in [3.8, 4) is 5.75 Å². The lowest BCUT2D eigenvalue weighted by Crippen LogP contribution is -2.48. The lowest BCUT2D eigenvalue weighted by Gasteiger charge is -2.43. The topological polar surface area (TPSA) is 72.5 Å². The summed E-state index contributed by atoms with van der Waals surface area (Å²) in [6.07, 6.45) is 10.2. The first-order valence-corrected chi connectivity index (χ1v) is 30.8. The third-order valence-corrected chi connectivity index (χ3v) is 23.4. The van der Waals surface area contributed by atoms with E-state index >= 15 is 0 Å². The van der Waals surface area contributed by atoms with Crippen molar-refractivity contribution in [1.29, 1.82) is 0 Å². The maximum atomic E-state index is 12.5. The van der Waals surface area contributed by atoms with Crippen LogP contribution in [0.5, 0.6) is 5.75 Å². The molecule has 0 N–H and O–H groups in total. The Labute approximate surface area is 414 Å². The fourth-order valence-corrected chi connectivity index (χ4v) is 10.8. The molecule has 0 amide bonds. The molecule has 0 fully saturated rings. The predicted octanol–water partition coefficient (Wildman–Crippen LogP) is 15.1. The second-order valence-corrected chi connectivity index (χ2v) is 31.1. The van der Waals surface area contributed by atoms with Crippen LogP contribution in [0.2, 0.25) is 36.3 Å². The van der Waals surface area contributed by atoms with Crippen LogP contribution in [0.15, 0.2) is 140 Å². The monoisotopic (exact) mass is 963 g/mol. The van der Waals surface area contributed by atoms with Gasteiger partial charge < -0.3 is 27.8 Å². The molecule has 68 heavy (non-hydrogen) atoms. The Morgan fingerprint density at radius 2 is 1.15 bits per heavy atom. The first-order valence-electron chi connectivity index (χ1n) is 25.0. The van der Waals surface area contributed by atoms with Gasteiger partial charge in [0, 0.05) is 18.8 Å². The summed E-state index contributed by atoms with van der Waals surface area (Å²) in [4.78, 5) is 12.5. The molecule has 0 bridgehead atoms. The van der Waals surface area contributed by atoms with Crippen molar-refractivity contribution in [3.05, 3.63) is 162 Å². The highest BCUT2D eigenvalue weighted by Gasteiger charge is 2.43. The lowest BCUT2D eigenvalue weighted by atomic mass is 9.80. The first-order chi connectivity index (χ1) is 32.0. The van der Waals surface area contributed by atoms with Gasteiger partial charge in [-0.15, -0.1) is 0 Å². The molecule has 0 saturated heterocycles. The van der Waals surface area contributed by atoms with Crippen LogP contribution in [-0.4, -0.2) is 61.2 Å². The molecule has 4 aromatic carbocycles. The molecule has 0 aliphatic rings. The molecule has 372 valence electrons. The van der Waals surface area contributed by atoms with Crippen molar-refractivity contribution in [2.45, 2.75) is 155 Å². The van der Waals surface area contributed by atoms with Crippen LogP contribution in [0.3, 0.4) is 0 Å². The third-order valence-electron chi connectivity index (χ3n) is 14.4. The van der Waals surface area contributed by atoms with Crippen LogP contribution in [0.1, 0.15) is 111 Å². The van der Waals surface area contributed by atoms with E-state index in [0.717, 1.165) is 28.0 Å². The van der Waals surface area contributed by atoms with Crippen molar-refractivity contribution in [3.63, 3.8) is 0 Å². The van der Waals surface area contributed by atoms with E-state index in [-0.39, 0.29) is 52.1 Å². The predicted molar refractivity (Wildman–Crippen MR) is 287 cm³/mol. The fourth-order valence-electron chi connectivity index (χ4n) is 8.11. The molecular formula is C59H86O7Si2. The van der Waals surface area contributed by atoms with Crippen LogP contribution < -0.4 is 4.74 Å². The molecule has 0 aliphatic heterocycles. The highest BCUT2D eigenvalue weighted by atomic mass is 28.4. The quantitative estimate of drug-likeness (QED) is 0.0269. The normalized spacial score (nSPS) is 15.8. The zero-order valence-corrected chi connectivity index (χ0v) is 46.3. The summed E-state index contributed by atoms with van der Waals surface area (Å²) in [5.74, 6) is 0.784. The average Bonchev–Trinajstić information content (AvgIpc) is 3.30. The minimum atomic E-state index is -2.26. The van der Waals surface area contributed by atoms with Gasteiger partial charge in [-0.2, -0.15) is 0 Å². The van der Waals surface area contributed by atoms with Crippen LogP contribution in [0.4, 0.5) is 0 Å². The van der Waals surface area contributed by atoms with Gasteiger partial charge >= 0.3 is 5.97 Å². The third kappa shape index (κ3) is 16.0. The van der Waals surface area contributed by atoms with Gasteiger partial charge in [-0.3, -0.25) is 4.79 Å². The highest BCUT2D eigenvalue weighted by Crippen LogP contribution is 2.43. The molecule has 0 heterocycles. The maximum Gasteiger partial charge on any atom is 0.305 e. The van der Waals surface area contributed by atoms with Crippen molar-refractivity contribution in [2.75, 3.05) is 20.3 Å². The largest absolute Gasteiger partial charge is 0.497 e. The van der Waals surface area contributed by atoms with Crippen molar-refractivity contribution < 1.29 is 32.6 Å². The van der Waals surface area contributed by atoms with Gasteiger partial charge in [0.05, 0.1) is 45.2 Å². The summed E-state index contributed by atoms with van der Waals surface area (Å²) in [6, 6.07) is 39.6. The molecule has 0 aliphatic carbocycles. The van der Waals surface area contributed by atoms with Crippen molar-refractivity contribution in [2.24, 2.45) is 17.8 Å². The SMILES string of the molecule is CCOC(=O)CC[C@H](C)[C@@H](OCc1ccc(OC)cc1)[C@@H](C)C=C[C@H](C[C@H](O[Si](C)(C)C(C)(C)C)[C@H](C)C=CCOC(c1ccccc1)(c1ccccc1)c1ccccc1)O[Si](C)(C)C(C)(C)C. The number of hydrogen-bond acceptors (Lipinski definition) is 7. The minimum Gasteiger partial charge on any atom is -0.497 e. The summed E-state index contributed by atoms with van der Waals surface area (Å²) in [5, 5.41) is 0.00442. The Bertz CT molecular complexity index is 2030. The number of benzene rings is 4. The van der Waals surface area contributed by atoms with E-state index < -0.39 is 22.2 Å². The number of carbonyl (C=O) groups excluding carboxylic acids is 1. The van der Waals surface area contributed by atoms with Gasteiger partial charge in [-0.1, -0.05) is 190 Å². The van der Waals surface area contributed by atoms with E-state index in [2.05, 4.69) is 204 Å². The van der Waals surface area contributed by atoms with Crippen LogP contribution >= 0.6 is 0 Å². The second-order valence-electron chi connectivity index (χ2n) is 21.6. The Balaban J connectivity index is 1.70. The number of ether oxygens (including phenoxy) is 4. The highest BCUT2D eigenvalue weighted by molar-refractivity contribution is 6.74. The van der Waals surface area contributed by atoms with Gasteiger partial charge in [0.25, 0.3) is 0 Å². The molecule has 6 atom stereocenters. The van der Waals surface area contributed by atoms with Crippen LogP contribution in [0, 0.1) is 17.8 Å². The van der Waals surface area contributed by atoms with E-state index in [4.69, 9.17) is 27.8 Å². The Kier molecular flexibility index (Phi) is 21.3. The zero-order chi connectivity index (χ0) is 50.2. The number of hydrogen-bond donors (Lipinski definition) is 0. The standard InChI is InChI=1S/C59H86O7Si2/c1-16-62-55(60)41-35-47(4)56(63-44-48-36-39-52(61-11)40-37-48)46(3)34-38-53(65-67(12,13)57(5,6)7)43-54(66-68(14,15)58(8,9)10)45(2)27-26-42-64-59(49-28-20-17-21-29-49,50-30-22-18-23-31-50)51-32-24-19-25-33-51/h17-34,36-40,45-47,53-54,56H,16,35,41-44H2,1-15H3/t45-,46+,47+,53-,54+,56+/m1/s1. The molecule has 0 aromatic heterocycles.